The van der Waals surface area contributed by atoms with Crippen LogP contribution in [0.3, 0.4) is 0 Å². The van der Waals surface area contributed by atoms with Gasteiger partial charge in [0.25, 0.3) is 0 Å². The first-order valence-corrected chi connectivity index (χ1v) is 13.6. The maximum atomic E-state index is 13.6. The highest BCUT2D eigenvalue weighted by Gasteiger charge is 2.43. The molecule has 2 aromatic rings. The lowest BCUT2D eigenvalue weighted by molar-refractivity contribution is 0.0755. The molecule has 1 fully saturated rings. The SMILES string of the molecule is CCCCC1(CCCC)c2cc(C(=O)C(C)(C)N(C)C)ccc2-c2ccc(N3CCOCC3)cc21. The van der Waals surface area contributed by atoms with Crippen LogP contribution in [-0.2, 0) is 10.2 Å². The molecule has 35 heavy (non-hydrogen) atoms. The molecular formula is C31H44N2O2. The number of benzene rings is 2. The summed E-state index contributed by atoms with van der Waals surface area (Å²) in [4.78, 5) is 18.1. The van der Waals surface area contributed by atoms with Crippen LogP contribution in [0.15, 0.2) is 36.4 Å². The van der Waals surface area contributed by atoms with E-state index in [0.29, 0.717) is 0 Å². The molecule has 0 bridgehead atoms. The quantitative estimate of drug-likeness (QED) is 0.358. The molecule has 1 aliphatic carbocycles. The number of rotatable bonds is 10. The van der Waals surface area contributed by atoms with E-state index in [1.165, 1.54) is 53.6 Å². The van der Waals surface area contributed by atoms with E-state index < -0.39 is 5.54 Å². The number of hydrogen-bond acceptors (Lipinski definition) is 4. The molecule has 4 heteroatoms. The van der Waals surface area contributed by atoms with Crippen LogP contribution in [-0.4, -0.2) is 56.6 Å². The van der Waals surface area contributed by atoms with Crippen LogP contribution in [0.1, 0.15) is 87.7 Å². The summed E-state index contributed by atoms with van der Waals surface area (Å²) in [7, 11) is 3.97. The molecule has 1 heterocycles. The second kappa shape index (κ2) is 10.4. The van der Waals surface area contributed by atoms with Crippen LogP contribution in [0, 0.1) is 0 Å². The fourth-order valence-electron chi connectivity index (χ4n) is 5.82. The summed E-state index contributed by atoms with van der Waals surface area (Å²) >= 11 is 0. The third-order valence-corrected chi connectivity index (χ3v) is 8.57. The zero-order valence-electron chi connectivity index (χ0n) is 22.7. The number of anilines is 1. The molecule has 0 atom stereocenters. The molecule has 0 radical (unpaired) electrons. The first kappa shape index (κ1) is 25.9. The van der Waals surface area contributed by atoms with Gasteiger partial charge >= 0.3 is 0 Å². The Hall–Kier alpha value is -2.17. The standard InChI is InChI=1S/C31H44N2O2/c1-7-9-15-31(16-10-8-2)27-21-23(29(34)30(3,4)32(5)6)11-13-25(27)26-14-12-24(22-28(26)31)33-17-19-35-20-18-33/h11-14,21-22H,7-10,15-20H2,1-6H3. The summed E-state index contributed by atoms with van der Waals surface area (Å²) in [6.07, 6.45) is 6.98. The molecule has 190 valence electrons. The zero-order valence-corrected chi connectivity index (χ0v) is 22.7. The van der Waals surface area contributed by atoms with Gasteiger partial charge in [0, 0.05) is 29.8 Å². The van der Waals surface area contributed by atoms with Crippen molar-refractivity contribution < 1.29 is 9.53 Å². The number of morpholine rings is 1. The second-order valence-electron chi connectivity index (χ2n) is 11.2. The number of fused-ring (bicyclic) bond motifs is 3. The number of carbonyl (C=O) groups excluding carboxylic acids is 1. The fourth-order valence-corrected chi connectivity index (χ4v) is 5.82. The molecule has 1 aliphatic heterocycles. The second-order valence-corrected chi connectivity index (χ2v) is 11.2. The monoisotopic (exact) mass is 476 g/mol. The maximum absolute atomic E-state index is 13.6. The molecule has 1 saturated heterocycles. The minimum atomic E-state index is -0.543. The Morgan fingerprint density at radius 2 is 1.51 bits per heavy atom. The first-order chi connectivity index (χ1) is 16.8. The highest BCUT2D eigenvalue weighted by Crippen LogP contribution is 2.55. The third-order valence-electron chi connectivity index (χ3n) is 8.57. The Labute approximate surface area is 212 Å². The largest absolute Gasteiger partial charge is 0.378 e. The van der Waals surface area contributed by atoms with Crippen LogP contribution >= 0.6 is 0 Å². The number of carbonyl (C=O) groups is 1. The van der Waals surface area contributed by atoms with E-state index in [-0.39, 0.29) is 11.2 Å². The summed E-state index contributed by atoms with van der Waals surface area (Å²) in [5.74, 6) is 0.190. The minimum Gasteiger partial charge on any atom is -0.378 e. The lowest BCUT2D eigenvalue weighted by Crippen LogP contribution is -2.45. The van der Waals surface area contributed by atoms with Crippen molar-refractivity contribution in [2.75, 3.05) is 45.3 Å². The van der Waals surface area contributed by atoms with Crippen LogP contribution in [0.4, 0.5) is 5.69 Å². The number of Topliss-reactive ketones (excluding diaryl/α,β-unsaturated/α-hetero) is 1. The van der Waals surface area contributed by atoms with E-state index in [1.54, 1.807) is 0 Å². The van der Waals surface area contributed by atoms with Gasteiger partial charge in [0.05, 0.1) is 18.8 Å². The van der Waals surface area contributed by atoms with Gasteiger partial charge in [-0.2, -0.15) is 0 Å². The van der Waals surface area contributed by atoms with Crippen LogP contribution < -0.4 is 4.90 Å². The van der Waals surface area contributed by atoms with E-state index in [2.05, 4.69) is 55.1 Å². The van der Waals surface area contributed by atoms with Crippen molar-refractivity contribution in [1.29, 1.82) is 0 Å². The average molecular weight is 477 g/mol. The molecule has 0 amide bonds. The minimum absolute atomic E-state index is 0.0302. The molecule has 4 rings (SSSR count). The van der Waals surface area contributed by atoms with Crippen molar-refractivity contribution in [2.45, 2.75) is 77.2 Å². The average Bonchev–Trinajstić information content (AvgIpc) is 3.14. The number of likely N-dealkylation sites (N-methyl/N-ethyl adjacent to an activating group) is 1. The van der Waals surface area contributed by atoms with Crippen molar-refractivity contribution in [3.8, 4) is 11.1 Å². The van der Waals surface area contributed by atoms with E-state index >= 15 is 0 Å². The summed E-state index contributed by atoms with van der Waals surface area (Å²) < 4.78 is 5.61. The molecule has 0 saturated carbocycles. The van der Waals surface area contributed by atoms with Crippen LogP contribution in [0.5, 0.6) is 0 Å². The van der Waals surface area contributed by atoms with E-state index in [1.807, 2.05) is 32.8 Å². The Morgan fingerprint density at radius 3 is 2.09 bits per heavy atom. The number of hydrogen-bond donors (Lipinski definition) is 0. The molecule has 2 aromatic carbocycles. The third kappa shape index (κ3) is 4.68. The highest BCUT2D eigenvalue weighted by molar-refractivity contribution is 6.03. The molecule has 0 spiro atoms. The fraction of sp³-hybridized carbons (Fsp3) is 0.581. The summed E-state index contributed by atoms with van der Waals surface area (Å²) in [5, 5.41) is 0. The smallest absolute Gasteiger partial charge is 0.182 e. The predicted octanol–water partition coefficient (Wildman–Crippen LogP) is 6.69. The Kier molecular flexibility index (Phi) is 7.73. The Morgan fingerprint density at radius 1 is 0.943 bits per heavy atom. The van der Waals surface area contributed by atoms with Crippen molar-refractivity contribution in [1.82, 2.24) is 4.90 Å². The number of ketones is 1. The lowest BCUT2D eigenvalue weighted by atomic mass is 9.70. The van der Waals surface area contributed by atoms with Crippen molar-refractivity contribution >= 4 is 11.5 Å². The Balaban J connectivity index is 1.86. The molecule has 0 aromatic heterocycles. The summed E-state index contributed by atoms with van der Waals surface area (Å²) in [5.41, 5.74) is 7.08. The Bertz CT molecular complexity index is 1040. The van der Waals surface area contributed by atoms with Crippen LogP contribution in [0.2, 0.25) is 0 Å². The van der Waals surface area contributed by atoms with Gasteiger partial charge in [-0.1, -0.05) is 57.7 Å². The van der Waals surface area contributed by atoms with Gasteiger partial charge in [-0.3, -0.25) is 9.69 Å². The lowest BCUT2D eigenvalue weighted by Gasteiger charge is -2.35. The predicted molar refractivity (Wildman–Crippen MR) is 147 cm³/mol. The van der Waals surface area contributed by atoms with Gasteiger partial charge in [0.2, 0.25) is 0 Å². The van der Waals surface area contributed by atoms with Gasteiger partial charge in [-0.15, -0.1) is 0 Å². The maximum Gasteiger partial charge on any atom is 0.182 e. The van der Waals surface area contributed by atoms with E-state index in [4.69, 9.17) is 4.74 Å². The topological polar surface area (TPSA) is 32.8 Å². The number of nitrogens with zero attached hydrogens (tertiary/aromatic N) is 2. The van der Waals surface area contributed by atoms with Crippen molar-refractivity contribution in [3.63, 3.8) is 0 Å². The van der Waals surface area contributed by atoms with Gasteiger partial charge in [-0.25, -0.2) is 0 Å². The highest BCUT2D eigenvalue weighted by atomic mass is 16.5. The van der Waals surface area contributed by atoms with Gasteiger partial charge < -0.3 is 9.64 Å². The summed E-state index contributed by atoms with van der Waals surface area (Å²) in [6.45, 7) is 12.1. The molecular weight excluding hydrogens is 432 g/mol. The van der Waals surface area contributed by atoms with Crippen molar-refractivity contribution in [3.05, 3.63) is 53.1 Å². The first-order valence-electron chi connectivity index (χ1n) is 13.6. The molecule has 0 unspecified atom stereocenters. The zero-order chi connectivity index (χ0) is 25.2. The van der Waals surface area contributed by atoms with Crippen molar-refractivity contribution in [2.24, 2.45) is 0 Å². The van der Waals surface area contributed by atoms with Crippen LogP contribution in [0.25, 0.3) is 11.1 Å². The molecule has 0 N–H and O–H groups in total. The van der Waals surface area contributed by atoms with Gasteiger partial charge in [-0.05, 0) is 81.2 Å². The number of unbranched alkanes of at least 4 members (excludes halogenated alkanes) is 2. The van der Waals surface area contributed by atoms with E-state index in [9.17, 15) is 4.79 Å². The molecule has 4 nitrogen and oxygen atoms in total. The number of ether oxygens (including phenoxy) is 1. The van der Waals surface area contributed by atoms with E-state index in [0.717, 1.165) is 44.7 Å². The normalized spacial score (nSPS) is 16.9. The van der Waals surface area contributed by atoms with Gasteiger partial charge in [0.1, 0.15) is 0 Å². The summed E-state index contributed by atoms with van der Waals surface area (Å²) in [6, 6.07) is 13.6. The molecule has 2 aliphatic rings. The van der Waals surface area contributed by atoms with Gasteiger partial charge in [0.15, 0.2) is 5.78 Å².